The minimum absolute atomic E-state index is 0.0698. The number of pyridine rings is 1. The molecule has 0 radical (unpaired) electrons. The van der Waals surface area contributed by atoms with E-state index < -0.39 is 0 Å². The van der Waals surface area contributed by atoms with E-state index in [4.69, 9.17) is 14.1 Å². The van der Waals surface area contributed by atoms with Gasteiger partial charge in [0.2, 0.25) is 5.89 Å². The number of aryl methyl sites for hydroxylation is 1. The van der Waals surface area contributed by atoms with Crippen molar-refractivity contribution in [2.45, 2.75) is 32.8 Å². The van der Waals surface area contributed by atoms with Crippen molar-refractivity contribution in [3.05, 3.63) is 77.3 Å². The minimum atomic E-state index is -0.376. The molecule has 0 N–H and O–H groups in total. The Balaban J connectivity index is 1.43. The van der Waals surface area contributed by atoms with Crippen molar-refractivity contribution in [3.8, 4) is 11.5 Å². The van der Waals surface area contributed by atoms with Gasteiger partial charge in [0, 0.05) is 16.6 Å². The second kappa shape index (κ2) is 7.71. The maximum atomic E-state index is 13.1. The molecule has 0 saturated carbocycles. The number of hydrogen-bond acceptors (Lipinski definition) is 6. The van der Waals surface area contributed by atoms with Gasteiger partial charge in [-0.2, -0.15) is 0 Å². The third-order valence-corrected chi connectivity index (χ3v) is 5.52. The lowest BCUT2D eigenvalue weighted by Gasteiger charge is -2.24. The molecule has 2 aromatic carbocycles. The third-order valence-electron chi connectivity index (χ3n) is 5.52. The van der Waals surface area contributed by atoms with Gasteiger partial charge in [-0.05, 0) is 48.9 Å². The van der Waals surface area contributed by atoms with Crippen LogP contribution < -0.4 is 0 Å². The zero-order chi connectivity index (χ0) is 20.5. The molecule has 0 bridgehead atoms. The SMILES string of the molecule is CC1CCc2nc3ccccc3c(C(=O)OCc3nnc(-c4ccccc4)o3)c2C1. The Kier molecular flexibility index (Phi) is 4.75. The van der Waals surface area contributed by atoms with Gasteiger partial charge in [-0.25, -0.2) is 4.79 Å². The third kappa shape index (κ3) is 3.45. The average Bonchev–Trinajstić information content (AvgIpc) is 3.26. The fraction of sp³-hybridized carbons (Fsp3) is 0.250. The topological polar surface area (TPSA) is 78.1 Å². The van der Waals surface area contributed by atoms with E-state index >= 15 is 0 Å². The summed E-state index contributed by atoms with van der Waals surface area (Å²) in [4.78, 5) is 17.9. The Bertz CT molecular complexity index is 1220. The maximum absolute atomic E-state index is 13.1. The molecule has 6 nitrogen and oxygen atoms in total. The number of rotatable bonds is 4. The van der Waals surface area contributed by atoms with Crippen LogP contribution in [0.5, 0.6) is 0 Å². The molecule has 2 aromatic heterocycles. The first kappa shape index (κ1) is 18.5. The Morgan fingerprint density at radius 3 is 2.77 bits per heavy atom. The summed E-state index contributed by atoms with van der Waals surface area (Å²) in [6, 6.07) is 17.2. The van der Waals surface area contributed by atoms with Crippen LogP contribution in [0, 0.1) is 5.92 Å². The molecule has 30 heavy (non-hydrogen) atoms. The van der Waals surface area contributed by atoms with E-state index in [0.29, 0.717) is 17.4 Å². The Morgan fingerprint density at radius 2 is 1.90 bits per heavy atom. The van der Waals surface area contributed by atoms with Gasteiger partial charge in [0.15, 0.2) is 6.61 Å². The number of aromatic nitrogens is 3. The van der Waals surface area contributed by atoms with Gasteiger partial charge < -0.3 is 9.15 Å². The van der Waals surface area contributed by atoms with Crippen LogP contribution in [-0.2, 0) is 24.2 Å². The van der Waals surface area contributed by atoms with Crippen LogP contribution >= 0.6 is 0 Å². The number of ether oxygens (including phenoxy) is 1. The monoisotopic (exact) mass is 399 g/mol. The van der Waals surface area contributed by atoms with Gasteiger partial charge in [-0.3, -0.25) is 4.98 Å². The Hall–Kier alpha value is -3.54. The molecule has 4 aromatic rings. The summed E-state index contributed by atoms with van der Waals surface area (Å²) < 4.78 is 11.3. The molecule has 6 heteroatoms. The second-order valence-electron chi connectivity index (χ2n) is 7.72. The summed E-state index contributed by atoms with van der Waals surface area (Å²) in [6.45, 7) is 2.14. The molecule has 0 spiro atoms. The highest BCUT2D eigenvalue weighted by molar-refractivity contribution is 6.05. The number of esters is 1. The quantitative estimate of drug-likeness (QED) is 0.460. The van der Waals surface area contributed by atoms with E-state index in [2.05, 4.69) is 17.1 Å². The number of para-hydroxylation sites is 1. The normalized spacial score (nSPS) is 15.7. The van der Waals surface area contributed by atoms with Crippen molar-refractivity contribution >= 4 is 16.9 Å². The van der Waals surface area contributed by atoms with Crippen molar-refractivity contribution in [1.82, 2.24) is 15.2 Å². The largest absolute Gasteiger partial charge is 0.452 e. The van der Waals surface area contributed by atoms with Crippen LogP contribution in [0.25, 0.3) is 22.4 Å². The van der Waals surface area contributed by atoms with Gasteiger partial charge in [-0.15, -0.1) is 10.2 Å². The molecule has 1 aliphatic rings. The van der Waals surface area contributed by atoms with Crippen molar-refractivity contribution in [1.29, 1.82) is 0 Å². The van der Waals surface area contributed by atoms with Crippen molar-refractivity contribution in [3.63, 3.8) is 0 Å². The molecule has 0 amide bonds. The van der Waals surface area contributed by atoms with E-state index in [9.17, 15) is 4.79 Å². The maximum Gasteiger partial charge on any atom is 0.339 e. The number of carbonyl (C=O) groups is 1. The summed E-state index contributed by atoms with van der Waals surface area (Å²) in [5.74, 6) is 0.805. The van der Waals surface area contributed by atoms with E-state index in [1.54, 1.807) is 0 Å². The van der Waals surface area contributed by atoms with Crippen LogP contribution in [0.1, 0.15) is 40.9 Å². The average molecular weight is 399 g/mol. The summed E-state index contributed by atoms with van der Waals surface area (Å²) in [7, 11) is 0. The van der Waals surface area contributed by atoms with Gasteiger partial charge in [0.1, 0.15) is 0 Å². The summed E-state index contributed by atoms with van der Waals surface area (Å²) in [5, 5.41) is 8.89. The molecule has 0 saturated heterocycles. The summed E-state index contributed by atoms with van der Waals surface area (Å²) >= 11 is 0. The van der Waals surface area contributed by atoms with Crippen LogP contribution in [0.15, 0.2) is 59.0 Å². The first-order chi connectivity index (χ1) is 14.7. The first-order valence-corrected chi connectivity index (χ1v) is 10.1. The van der Waals surface area contributed by atoms with Crippen LogP contribution in [0.3, 0.4) is 0 Å². The number of benzene rings is 2. The molecular weight excluding hydrogens is 378 g/mol. The molecule has 1 aliphatic carbocycles. The number of carbonyl (C=O) groups excluding carboxylic acids is 1. The zero-order valence-electron chi connectivity index (χ0n) is 16.7. The van der Waals surface area contributed by atoms with Crippen molar-refractivity contribution < 1.29 is 13.9 Å². The van der Waals surface area contributed by atoms with E-state index in [-0.39, 0.29) is 18.5 Å². The lowest BCUT2D eigenvalue weighted by molar-refractivity contribution is 0.0439. The fourth-order valence-corrected chi connectivity index (χ4v) is 4.00. The predicted molar refractivity (Wildman–Crippen MR) is 112 cm³/mol. The van der Waals surface area contributed by atoms with Crippen molar-refractivity contribution in [2.24, 2.45) is 5.92 Å². The van der Waals surface area contributed by atoms with Crippen LogP contribution in [0.4, 0.5) is 0 Å². The highest BCUT2D eigenvalue weighted by Gasteiger charge is 2.26. The Labute approximate surface area is 173 Å². The molecule has 0 aliphatic heterocycles. The molecule has 1 atom stereocenters. The molecule has 5 rings (SSSR count). The standard InChI is InChI=1S/C24H21N3O3/c1-15-11-12-20-18(13-15)22(17-9-5-6-10-19(17)25-20)24(28)29-14-21-26-27-23(30-21)16-7-3-2-4-8-16/h2-10,15H,11-14H2,1H3. The van der Waals surface area contributed by atoms with Crippen molar-refractivity contribution in [2.75, 3.05) is 0 Å². The second-order valence-corrected chi connectivity index (χ2v) is 7.72. The fourth-order valence-electron chi connectivity index (χ4n) is 4.00. The lowest BCUT2D eigenvalue weighted by atomic mass is 9.84. The van der Waals surface area contributed by atoms with Gasteiger partial charge in [0.05, 0.1) is 11.1 Å². The van der Waals surface area contributed by atoms with E-state index in [1.807, 2.05) is 54.6 Å². The highest BCUT2D eigenvalue weighted by atomic mass is 16.5. The highest BCUT2D eigenvalue weighted by Crippen LogP contribution is 2.32. The molecular formula is C24H21N3O3. The molecule has 2 heterocycles. The van der Waals surface area contributed by atoms with E-state index in [1.165, 1.54) is 0 Å². The minimum Gasteiger partial charge on any atom is -0.452 e. The number of hydrogen-bond donors (Lipinski definition) is 0. The summed E-state index contributed by atoms with van der Waals surface area (Å²) in [6.07, 6.45) is 2.79. The number of nitrogens with zero attached hydrogens (tertiary/aromatic N) is 3. The zero-order valence-corrected chi connectivity index (χ0v) is 16.7. The van der Waals surface area contributed by atoms with Gasteiger partial charge >= 0.3 is 5.97 Å². The van der Waals surface area contributed by atoms with Gasteiger partial charge in [-0.1, -0.05) is 43.3 Å². The first-order valence-electron chi connectivity index (χ1n) is 10.1. The molecule has 150 valence electrons. The predicted octanol–water partition coefficient (Wildman–Crippen LogP) is 4.77. The number of fused-ring (bicyclic) bond motifs is 2. The van der Waals surface area contributed by atoms with E-state index in [0.717, 1.165) is 47.0 Å². The Morgan fingerprint density at radius 1 is 1.10 bits per heavy atom. The lowest BCUT2D eigenvalue weighted by Crippen LogP contribution is -2.19. The smallest absolute Gasteiger partial charge is 0.339 e. The van der Waals surface area contributed by atoms with Crippen LogP contribution in [0.2, 0.25) is 0 Å². The summed E-state index contributed by atoms with van der Waals surface area (Å²) in [5.41, 5.74) is 4.27. The molecule has 1 unspecified atom stereocenters. The molecule has 0 fully saturated rings. The van der Waals surface area contributed by atoms with Gasteiger partial charge in [0.25, 0.3) is 5.89 Å². The van der Waals surface area contributed by atoms with Crippen LogP contribution in [-0.4, -0.2) is 21.2 Å².